The Balaban J connectivity index is 1.77. The van der Waals surface area contributed by atoms with E-state index in [9.17, 15) is 4.79 Å². The summed E-state index contributed by atoms with van der Waals surface area (Å²) in [6.07, 6.45) is 0. The monoisotopic (exact) mass is 415 g/mol. The van der Waals surface area contributed by atoms with Crippen molar-refractivity contribution in [2.24, 2.45) is 0 Å². The van der Waals surface area contributed by atoms with E-state index < -0.39 is 5.91 Å². The molecule has 0 atom stereocenters. The third kappa shape index (κ3) is 3.85. The van der Waals surface area contributed by atoms with E-state index in [0.29, 0.717) is 12.2 Å². The molecule has 3 aromatic rings. The van der Waals surface area contributed by atoms with E-state index in [0.717, 1.165) is 21.3 Å². The molecular weight excluding hydrogens is 398 g/mol. The Hall–Kier alpha value is -2.87. The molecular formula is C18H18BrN5O2. The van der Waals surface area contributed by atoms with Gasteiger partial charge in [-0.15, -0.1) is 5.10 Å². The van der Waals surface area contributed by atoms with Crippen molar-refractivity contribution < 1.29 is 9.53 Å². The topological polar surface area (TPSA) is 95.1 Å². The Labute approximate surface area is 159 Å². The fraction of sp³-hybridized carbons (Fsp3) is 0.167. The summed E-state index contributed by atoms with van der Waals surface area (Å²) in [5.74, 6) is 0.552. The standard InChI is InChI=1S/C18H18BrN5O2/c1-11-4-3-5-13(8-11)21-18(25)16-17(20)24(23-22-16)10-12-6-7-15(26-2)14(19)9-12/h3-9H,10,20H2,1-2H3,(H,21,25). The number of nitrogens with one attached hydrogen (secondary N) is 1. The molecule has 1 amide bonds. The number of amides is 1. The van der Waals surface area contributed by atoms with E-state index >= 15 is 0 Å². The first-order valence-electron chi connectivity index (χ1n) is 7.87. The van der Waals surface area contributed by atoms with Crippen LogP contribution in [-0.4, -0.2) is 28.0 Å². The Morgan fingerprint density at radius 2 is 2.12 bits per heavy atom. The summed E-state index contributed by atoms with van der Waals surface area (Å²) < 4.78 is 7.53. The maximum atomic E-state index is 12.4. The van der Waals surface area contributed by atoms with Crippen molar-refractivity contribution in [1.29, 1.82) is 0 Å². The summed E-state index contributed by atoms with van der Waals surface area (Å²) >= 11 is 3.44. The number of hydrogen-bond acceptors (Lipinski definition) is 5. The molecule has 26 heavy (non-hydrogen) atoms. The van der Waals surface area contributed by atoms with E-state index in [-0.39, 0.29) is 11.5 Å². The predicted octanol–water partition coefficient (Wildman–Crippen LogP) is 3.24. The highest BCUT2D eigenvalue weighted by molar-refractivity contribution is 9.10. The highest BCUT2D eigenvalue weighted by atomic mass is 79.9. The molecule has 8 heteroatoms. The second-order valence-corrected chi connectivity index (χ2v) is 6.63. The van der Waals surface area contributed by atoms with Crippen molar-refractivity contribution in [1.82, 2.24) is 15.0 Å². The summed E-state index contributed by atoms with van der Waals surface area (Å²) in [5, 5.41) is 10.7. The number of carbonyl (C=O) groups excluding carboxylic acids is 1. The van der Waals surface area contributed by atoms with Gasteiger partial charge in [0.25, 0.3) is 5.91 Å². The summed E-state index contributed by atoms with van der Waals surface area (Å²) in [7, 11) is 1.61. The first-order chi connectivity index (χ1) is 12.5. The average molecular weight is 416 g/mol. The van der Waals surface area contributed by atoms with Gasteiger partial charge in [-0.1, -0.05) is 23.4 Å². The lowest BCUT2D eigenvalue weighted by atomic mass is 10.2. The van der Waals surface area contributed by atoms with Crippen LogP contribution < -0.4 is 15.8 Å². The summed E-state index contributed by atoms with van der Waals surface area (Å²) in [6.45, 7) is 2.34. The third-order valence-electron chi connectivity index (χ3n) is 3.81. The number of nitrogen functional groups attached to an aromatic ring is 1. The number of nitrogens with zero attached hydrogens (tertiary/aromatic N) is 3. The van der Waals surface area contributed by atoms with E-state index in [1.807, 2.05) is 43.3 Å². The molecule has 0 radical (unpaired) electrons. The molecule has 1 heterocycles. The van der Waals surface area contributed by atoms with Gasteiger partial charge in [0.05, 0.1) is 18.1 Å². The lowest BCUT2D eigenvalue weighted by Crippen LogP contribution is -2.15. The SMILES string of the molecule is COc1ccc(Cn2nnc(C(=O)Nc3cccc(C)c3)c2N)cc1Br. The predicted molar refractivity (Wildman–Crippen MR) is 103 cm³/mol. The number of rotatable bonds is 5. The molecule has 0 aliphatic rings. The van der Waals surface area contributed by atoms with Gasteiger partial charge in [-0.05, 0) is 58.2 Å². The molecule has 7 nitrogen and oxygen atoms in total. The fourth-order valence-electron chi connectivity index (χ4n) is 2.49. The highest BCUT2D eigenvalue weighted by Crippen LogP contribution is 2.26. The van der Waals surface area contributed by atoms with Gasteiger partial charge in [0.2, 0.25) is 0 Å². The van der Waals surface area contributed by atoms with Crippen LogP contribution in [-0.2, 0) is 6.54 Å². The maximum Gasteiger partial charge on any atom is 0.280 e. The molecule has 0 aliphatic heterocycles. The number of benzene rings is 2. The van der Waals surface area contributed by atoms with Crippen LogP contribution in [0, 0.1) is 6.92 Å². The van der Waals surface area contributed by atoms with Crippen molar-refractivity contribution in [2.75, 3.05) is 18.2 Å². The van der Waals surface area contributed by atoms with Crippen LogP contribution in [0.15, 0.2) is 46.9 Å². The van der Waals surface area contributed by atoms with Crippen LogP contribution in [0.4, 0.5) is 11.5 Å². The van der Waals surface area contributed by atoms with E-state index in [2.05, 4.69) is 31.6 Å². The molecule has 0 unspecified atom stereocenters. The Morgan fingerprint density at radius 1 is 1.31 bits per heavy atom. The van der Waals surface area contributed by atoms with E-state index in [1.165, 1.54) is 4.68 Å². The van der Waals surface area contributed by atoms with Crippen molar-refractivity contribution in [3.8, 4) is 5.75 Å². The largest absolute Gasteiger partial charge is 0.496 e. The summed E-state index contributed by atoms with van der Waals surface area (Å²) in [6, 6.07) is 13.1. The number of carbonyl (C=O) groups is 1. The van der Waals surface area contributed by atoms with E-state index in [4.69, 9.17) is 10.5 Å². The lowest BCUT2D eigenvalue weighted by Gasteiger charge is -2.08. The van der Waals surface area contributed by atoms with Gasteiger partial charge in [0.1, 0.15) is 5.75 Å². The minimum atomic E-state index is -0.393. The minimum absolute atomic E-state index is 0.0964. The molecule has 134 valence electrons. The second kappa shape index (κ2) is 7.57. The van der Waals surface area contributed by atoms with Crippen LogP contribution in [0.2, 0.25) is 0 Å². The first kappa shape index (κ1) is 17.9. The highest BCUT2D eigenvalue weighted by Gasteiger charge is 2.18. The maximum absolute atomic E-state index is 12.4. The van der Waals surface area contributed by atoms with Crippen LogP contribution in [0.3, 0.4) is 0 Å². The molecule has 0 fully saturated rings. The number of halogens is 1. The molecule has 0 saturated carbocycles. The number of hydrogen-bond donors (Lipinski definition) is 2. The van der Waals surface area contributed by atoms with Gasteiger partial charge in [-0.25, -0.2) is 4.68 Å². The Morgan fingerprint density at radius 3 is 2.81 bits per heavy atom. The lowest BCUT2D eigenvalue weighted by molar-refractivity contribution is 0.102. The first-order valence-corrected chi connectivity index (χ1v) is 8.66. The number of anilines is 2. The van der Waals surface area contributed by atoms with Crippen LogP contribution in [0.25, 0.3) is 0 Å². The van der Waals surface area contributed by atoms with Crippen molar-refractivity contribution in [3.63, 3.8) is 0 Å². The summed E-state index contributed by atoms with van der Waals surface area (Å²) in [4.78, 5) is 12.4. The van der Waals surface area contributed by atoms with Crippen LogP contribution >= 0.6 is 15.9 Å². The van der Waals surface area contributed by atoms with Crippen molar-refractivity contribution in [2.45, 2.75) is 13.5 Å². The molecule has 0 aliphatic carbocycles. The number of nitrogens with two attached hydrogens (primary N) is 1. The zero-order valence-electron chi connectivity index (χ0n) is 14.4. The average Bonchev–Trinajstić information content (AvgIpc) is 2.96. The Bertz CT molecular complexity index is 955. The fourth-order valence-corrected chi connectivity index (χ4v) is 3.08. The van der Waals surface area contributed by atoms with Crippen molar-refractivity contribution in [3.05, 3.63) is 63.8 Å². The van der Waals surface area contributed by atoms with E-state index in [1.54, 1.807) is 13.2 Å². The molecule has 0 bridgehead atoms. The van der Waals surface area contributed by atoms with Gasteiger partial charge in [-0.2, -0.15) is 0 Å². The van der Waals surface area contributed by atoms with Crippen LogP contribution in [0.5, 0.6) is 5.75 Å². The number of aryl methyl sites for hydroxylation is 1. The Kier molecular flexibility index (Phi) is 5.22. The van der Waals surface area contributed by atoms with Gasteiger partial charge < -0.3 is 15.8 Å². The molecule has 3 rings (SSSR count). The molecule has 1 aromatic heterocycles. The van der Waals surface area contributed by atoms with Gasteiger partial charge in [0, 0.05) is 5.69 Å². The molecule has 0 saturated heterocycles. The smallest absolute Gasteiger partial charge is 0.280 e. The zero-order chi connectivity index (χ0) is 18.7. The van der Waals surface area contributed by atoms with Gasteiger partial charge >= 0.3 is 0 Å². The zero-order valence-corrected chi connectivity index (χ0v) is 15.9. The number of aromatic nitrogens is 3. The number of methoxy groups -OCH3 is 1. The van der Waals surface area contributed by atoms with Crippen LogP contribution in [0.1, 0.15) is 21.6 Å². The second-order valence-electron chi connectivity index (χ2n) is 5.77. The van der Waals surface area contributed by atoms with Gasteiger partial charge in [0.15, 0.2) is 11.5 Å². The normalized spacial score (nSPS) is 10.6. The quantitative estimate of drug-likeness (QED) is 0.666. The van der Waals surface area contributed by atoms with Crippen molar-refractivity contribution >= 4 is 33.3 Å². The third-order valence-corrected chi connectivity index (χ3v) is 4.43. The minimum Gasteiger partial charge on any atom is -0.496 e. The molecule has 3 N–H and O–H groups in total. The number of ether oxygens (including phenoxy) is 1. The molecule has 2 aromatic carbocycles. The summed E-state index contributed by atoms with van der Waals surface area (Å²) in [5.41, 5.74) is 8.84. The molecule has 0 spiro atoms. The van der Waals surface area contributed by atoms with Gasteiger partial charge in [-0.3, -0.25) is 4.79 Å².